The summed E-state index contributed by atoms with van der Waals surface area (Å²) >= 11 is 0. The summed E-state index contributed by atoms with van der Waals surface area (Å²) in [6.07, 6.45) is 3.34. The van der Waals surface area contributed by atoms with E-state index in [9.17, 15) is 10.2 Å². The normalized spacial score (nSPS) is 9.74. The van der Waals surface area contributed by atoms with E-state index in [1.807, 2.05) is 36.4 Å². The van der Waals surface area contributed by atoms with Crippen LogP contribution in [-0.4, -0.2) is 20.2 Å². The summed E-state index contributed by atoms with van der Waals surface area (Å²) in [6, 6.07) is 18.3. The molecule has 2 N–H and O–H groups in total. The second-order valence-electron chi connectivity index (χ2n) is 4.70. The van der Waals surface area contributed by atoms with E-state index < -0.39 is 0 Å². The fraction of sp³-hybridized carbons (Fsp3) is 0. The molecule has 0 unspecified atom stereocenters. The second-order valence-corrected chi connectivity index (χ2v) is 4.70. The quantitative estimate of drug-likeness (QED) is 0.475. The van der Waals surface area contributed by atoms with Gasteiger partial charge in [-0.1, -0.05) is 36.4 Å². The van der Waals surface area contributed by atoms with Crippen molar-refractivity contribution < 1.29 is 30.5 Å². The van der Waals surface area contributed by atoms with Gasteiger partial charge < -0.3 is 11.6 Å². The number of aromatic hydroxyl groups is 2. The van der Waals surface area contributed by atoms with Gasteiger partial charge in [-0.15, -0.1) is 0 Å². The van der Waals surface area contributed by atoms with Gasteiger partial charge in [0.15, 0.2) is 0 Å². The molecule has 0 aliphatic carbocycles. The molecule has 0 aliphatic heterocycles. The van der Waals surface area contributed by atoms with E-state index in [1.165, 1.54) is 0 Å². The molecule has 0 amide bonds. The Hall–Kier alpha value is -2.54. The Labute approximate surface area is 147 Å². The van der Waals surface area contributed by atoms with Gasteiger partial charge in [-0.3, -0.25) is 9.97 Å². The number of benzene rings is 2. The third kappa shape index (κ3) is 3.81. The summed E-state index contributed by atoms with van der Waals surface area (Å²) in [6.45, 7) is 0. The Morgan fingerprint density at radius 2 is 1.00 bits per heavy atom. The standard InChI is InChI=1S/2C9H7NO.Li.H/c2*11-8-5-1-3-7-4-2-6-10-9(7)8;;/h2*1-6,11H;;/q;;+1;-1. The van der Waals surface area contributed by atoms with Crippen molar-refractivity contribution in [2.24, 2.45) is 0 Å². The van der Waals surface area contributed by atoms with Crippen LogP contribution in [0.4, 0.5) is 0 Å². The zero-order valence-corrected chi connectivity index (χ0v) is 12.7. The molecule has 2 heterocycles. The van der Waals surface area contributed by atoms with Crippen LogP contribution >= 0.6 is 0 Å². The number of hydrogen-bond donors (Lipinski definition) is 2. The number of fused-ring (bicyclic) bond motifs is 2. The van der Waals surface area contributed by atoms with E-state index in [2.05, 4.69) is 9.97 Å². The molecular weight excluding hydrogens is 283 g/mol. The minimum absolute atomic E-state index is 0. The van der Waals surface area contributed by atoms with Crippen LogP contribution in [0.15, 0.2) is 73.1 Å². The maximum absolute atomic E-state index is 9.31. The zero-order valence-electron chi connectivity index (χ0n) is 13.7. The molecule has 0 spiro atoms. The van der Waals surface area contributed by atoms with Crippen LogP contribution < -0.4 is 18.9 Å². The van der Waals surface area contributed by atoms with Gasteiger partial charge >= 0.3 is 18.9 Å². The molecule has 0 atom stereocenters. The molecule has 0 bridgehead atoms. The van der Waals surface area contributed by atoms with Crippen molar-refractivity contribution in [1.82, 2.24) is 9.97 Å². The van der Waals surface area contributed by atoms with E-state index in [0.717, 1.165) is 10.8 Å². The number of hydrogen-bond acceptors (Lipinski definition) is 4. The van der Waals surface area contributed by atoms with E-state index in [-0.39, 0.29) is 31.8 Å². The Morgan fingerprint density at radius 3 is 1.39 bits per heavy atom. The van der Waals surface area contributed by atoms with Gasteiger partial charge in [0, 0.05) is 23.2 Å². The minimum Gasteiger partial charge on any atom is -1.00 e. The number of aromatic nitrogens is 2. The van der Waals surface area contributed by atoms with Crippen LogP contribution in [-0.2, 0) is 0 Å². The van der Waals surface area contributed by atoms with Crippen molar-refractivity contribution >= 4 is 21.8 Å². The Morgan fingerprint density at radius 1 is 0.609 bits per heavy atom. The zero-order chi connectivity index (χ0) is 15.4. The summed E-state index contributed by atoms with van der Waals surface area (Å²) in [7, 11) is 0. The van der Waals surface area contributed by atoms with Gasteiger partial charge in [0.1, 0.15) is 22.5 Å². The molecule has 0 radical (unpaired) electrons. The molecule has 4 rings (SSSR count). The van der Waals surface area contributed by atoms with Gasteiger partial charge in [0.25, 0.3) is 0 Å². The molecule has 2 aromatic carbocycles. The Bertz CT molecular complexity index is 847. The van der Waals surface area contributed by atoms with E-state index >= 15 is 0 Å². The van der Waals surface area contributed by atoms with Crippen molar-refractivity contribution in [1.29, 1.82) is 0 Å². The van der Waals surface area contributed by atoms with E-state index in [0.29, 0.717) is 11.0 Å². The maximum Gasteiger partial charge on any atom is 1.00 e. The summed E-state index contributed by atoms with van der Waals surface area (Å²) in [4.78, 5) is 8.06. The van der Waals surface area contributed by atoms with E-state index in [1.54, 1.807) is 36.7 Å². The molecule has 5 heteroatoms. The SMILES string of the molecule is Oc1cccc2cccnc12.Oc1cccc2cccnc12.[H-].[Li+]. The number of rotatable bonds is 0. The van der Waals surface area contributed by atoms with Crippen LogP contribution in [0.5, 0.6) is 11.5 Å². The Balaban J connectivity index is 0.000000222. The van der Waals surface area contributed by atoms with Gasteiger partial charge in [-0.2, -0.15) is 0 Å². The largest absolute Gasteiger partial charge is 1.00 e. The first-order valence-corrected chi connectivity index (χ1v) is 6.81. The predicted octanol–water partition coefficient (Wildman–Crippen LogP) is 0.997. The van der Waals surface area contributed by atoms with Crippen LogP contribution in [0.25, 0.3) is 21.8 Å². The average Bonchev–Trinajstić information content (AvgIpc) is 2.57. The molecule has 0 fully saturated rings. The molecule has 0 saturated carbocycles. The van der Waals surface area contributed by atoms with Crippen LogP contribution in [0, 0.1) is 0 Å². The molecule has 23 heavy (non-hydrogen) atoms. The number of phenolic OH excluding ortho intramolecular Hbond substituents is 2. The van der Waals surface area contributed by atoms with Crippen molar-refractivity contribution in [2.45, 2.75) is 0 Å². The smallest absolute Gasteiger partial charge is 1.00 e. The summed E-state index contributed by atoms with van der Waals surface area (Å²) in [5, 5.41) is 20.5. The van der Waals surface area contributed by atoms with E-state index in [4.69, 9.17) is 0 Å². The summed E-state index contributed by atoms with van der Waals surface area (Å²) in [5.74, 6) is 0.478. The fourth-order valence-electron chi connectivity index (χ4n) is 2.18. The molecule has 0 saturated heterocycles. The number of para-hydroxylation sites is 2. The van der Waals surface area contributed by atoms with Crippen molar-refractivity contribution in [3.05, 3.63) is 73.1 Å². The topological polar surface area (TPSA) is 66.2 Å². The first kappa shape index (κ1) is 16.8. The Kier molecular flexibility index (Phi) is 5.59. The van der Waals surface area contributed by atoms with Gasteiger partial charge in [-0.05, 0) is 24.3 Å². The van der Waals surface area contributed by atoms with Gasteiger partial charge in [0.2, 0.25) is 0 Å². The van der Waals surface area contributed by atoms with Crippen molar-refractivity contribution in [3.8, 4) is 11.5 Å². The summed E-state index contributed by atoms with van der Waals surface area (Å²) < 4.78 is 0. The molecule has 4 aromatic rings. The third-order valence-electron chi connectivity index (χ3n) is 3.22. The molecule has 2 aromatic heterocycles. The second kappa shape index (κ2) is 7.64. The van der Waals surface area contributed by atoms with Crippen LogP contribution in [0.1, 0.15) is 1.43 Å². The van der Waals surface area contributed by atoms with Gasteiger partial charge in [-0.25, -0.2) is 0 Å². The molecule has 110 valence electrons. The third-order valence-corrected chi connectivity index (χ3v) is 3.22. The van der Waals surface area contributed by atoms with Crippen molar-refractivity contribution in [3.63, 3.8) is 0 Å². The maximum atomic E-state index is 9.31. The number of pyridine rings is 2. The first-order chi connectivity index (χ1) is 10.8. The predicted molar refractivity (Wildman–Crippen MR) is 87.9 cm³/mol. The van der Waals surface area contributed by atoms with Crippen molar-refractivity contribution in [2.75, 3.05) is 0 Å². The molecular formula is C18H15LiN2O2. The molecule has 4 nitrogen and oxygen atoms in total. The number of phenols is 2. The van der Waals surface area contributed by atoms with Gasteiger partial charge in [0.05, 0.1) is 0 Å². The van der Waals surface area contributed by atoms with Crippen LogP contribution in [0.3, 0.4) is 0 Å². The monoisotopic (exact) mass is 298 g/mol. The first-order valence-electron chi connectivity index (χ1n) is 6.81. The average molecular weight is 298 g/mol. The summed E-state index contributed by atoms with van der Waals surface area (Å²) in [5.41, 5.74) is 1.32. The molecule has 0 aliphatic rings. The fourth-order valence-corrected chi connectivity index (χ4v) is 2.18. The minimum atomic E-state index is 0. The number of nitrogens with zero attached hydrogens (tertiary/aromatic N) is 2. The van der Waals surface area contributed by atoms with Crippen LogP contribution in [0.2, 0.25) is 0 Å².